The first-order valence-corrected chi connectivity index (χ1v) is 7.87. The summed E-state index contributed by atoms with van der Waals surface area (Å²) >= 11 is 0. The summed E-state index contributed by atoms with van der Waals surface area (Å²) in [6, 6.07) is 1.55. The zero-order valence-corrected chi connectivity index (χ0v) is 13.8. The highest BCUT2D eigenvalue weighted by Gasteiger charge is 2.45. The van der Waals surface area contributed by atoms with Crippen molar-refractivity contribution in [2.75, 3.05) is 0 Å². The van der Waals surface area contributed by atoms with Gasteiger partial charge >= 0.3 is 0 Å². The fraction of sp³-hybridized carbons (Fsp3) is 0.444. The van der Waals surface area contributed by atoms with Gasteiger partial charge in [0.1, 0.15) is 11.6 Å². The van der Waals surface area contributed by atoms with Gasteiger partial charge in [-0.1, -0.05) is 20.8 Å². The molecule has 0 spiro atoms. The zero-order chi connectivity index (χ0) is 17.8. The molecule has 1 unspecified atom stereocenters. The first-order valence-electron chi connectivity index (χ1n) is 7.87. The Morgan fingerprint density at radius 1 is 1.04 bits per heavy atom. The van der Waals surface area contributed by atoms with Gasteiger partial charge in [-0.3, -0.25) is 24.1 Å². The topological polar surface area (TPSA) is 71.5 Å². The number of imide groups is 1. The lowest BCUT2D eigenvalue weighted by Crippen LogP contribution is -2.47. The van der Waals surface area contributed by atoms with Crippen LogP contribution < -0.4 is 0 Å². The smallest absolute Gasteiger partial charge is 0.262 e. The maximum atomic E-state index is 14.3. The van der Waals surface area contributed by atoms with Crippen molar-refractivity contribution in [2.24, 2.45) is 0 Å². The van der Waals surface area contributed by atoms with Crippen molar-refractivity contribution < 1.29 is 23.6 Å². The van der Waals surface area contributed by atoms with Gasteiger partial charge in [-0.25, -0.2) is 4.39 Å². The number of hydrogen-bond acceptors (Lipinski definition) is 4. The average molecular weight is 331 g/mol. The molecule has 0 bridgehead atoms. The number of fused-ring (bicyclic) bond motifs is 1. The minimum Gasteiger partial charge on any atom is -0.299 e. The highest BCUT2D eigenvalue weighted by molar-refractivity contribution is 6.23. The molecule has 1 saturated carbocycles. The molecule has 0 aromatic heterocycles. The minimum absolute atomic E-state index is 0.0183. The summed E-state index contributed by atoms with van der Waals surface area (Å²) in [5, 5.41) is 0. The molecule has 1 fully saturated rings. The molecule has 6 heteroatoms. The number of amides is 2. The lowest BCUT2D eigenvalue weighted by Gasteiger charge is -2.27. The summed E-state index contributed by atoms with van der Waals surface area (Å²) in [4.78, 5) is 49.6. The maximum Gasteiger partial charge on any atom is 0.262 e. The average Bonchev–Trinajstić information content (AvgIpc) is 2.69. The molecule has 0 N–H and O–H groups in total. The second kappa shape index (κ2) is 5.33. The zero-order valence-electron chi connectivity index (χ0n) is 13.8. The molecule has 1 aliphatic heterocycles. The Kier molecular flexibility index (Phi) is 3.66. The molecular formula is C18H18FNO4. The van der Waals surface area contributed by atoms with Gasteiger partial charge in [0.25, 0.3) is 11.8 Å². The quantitative estimate of drug-likeness (QED) is 0.585. The molecule has 24 heavy (non-hydrogen) atoms. The summed E-state index contributed by atoms with van der Waals surface area (Å²) in [5.74, 6) is -2.42. The van der Waals surface area contributed by atoms with Crippen LogP contribution in [0.25, 0.3) is 0 Å². The van der Waals surface area contributed by atoms with Gasteiger partial charge in [0.2, 0.25) is 0 Å². The first kappa shape index (κ1) is 16.5. The molecule has 2 aliphatic rings. The van der Waals surface area contributed by atoms with Crippen LogP contribution in [0.1, 0.15) is 66.3 Å². The molecule has 2 amide bonds. The van der Waals surface area contributed by atoms with E-state index in [4.69, 9.17) is 0 Å². The number of Topliss-reactive ketones (excluding diaryl/α,β-unsaturated/α-hetero) is 2. The van der Waals surface area contributed by atoms with Gasteiger partial charge < -0.3 is 0 Å². The van der Waals surface area contributed by atoms with Crippen LogP contribution in [0.5, 0.6) is 0 Å². The minimum atomic E-state index is -0.934. The van der Waals surface area contributed by atoms with Crippen LogP contribution in [0, 0.1) is 5.82 Å². The van der Waals surface area contributed by atoms with E-state index >= 15 is 0 Å². The summed E-state index contributed by atoms with van der Waals surface area (Å²) < 4.78 is 14.3. The van der Waals surface area contributed by atoms with Gasteiger partial charge in [-0.05, 0) is 29.5 Å². The Morgan fingerprint density at radius 3 is 2.17 bits per heavy atom. The Labute approximate surface area is 138 Å². The fourth-order valence-corrected chi connectivity index (χ4v) is 3.27. The van der Waals surface area contributed by atoms with E-state index in [0.29, 0.717) is 5.56 Å². The first-order chi connectivity index (χ1) is 11.1. The third kappa shape index (κ3) is 2.46. The molecule has 0 saturated heterocycles. The molecule has 3 rings (SSSR count). The van der Waals surface area contributed by atoms with Gasteiger partial charge in [0.05, 0.1) is 23.6 Å². The van der Waals surface area contributed by atoms with Crippen molar-refractivity contribution in [3.63, 3.8) is 0 Å². The number of hydrogen-bond donors (Lipinski definition) is 0. The molecule has 126 valence electrons. The molecule has 5 nitrogen and oxygen atoms in total. The van der Waals surface area contributed by atoms with Crippen molar-refractivity contribution in [3.05, 3.63) is 34.6 Å². The van der Waals surface area contributed by atoms with Crippen LogP contribution in [0.3, 0.4) is 0 Å². The second-order valence-corrected chi connectivity index (χ2v) is 7.34. The summed E-state index contributed by atoms with van der Waals surface area (Å²) in [7, 11) is 0. The van der Waals surface area contributed by atoms with E-state index in [9.17, 15) is 23.6 Å². The molecular weight excluding hydrogens is 313 g/mol. The predicted molar refractivity (Wildman–Crippen MR) is 83.3 cm³/mol. The highest BCUT2D eigenvalue weighted by atomic mass is 19.1. The Balaban J connectivity index is 2.03. The molecule has 1 aromatic rings. The molecule has 1 heterocycles. The Bertz CT molecular complexity index is 791. The van der Waals surface area contributed by atoms with Crippen LogP contribution in [0.2, 0.25) is 0 Å². The van der Waals surface area contributed by atoms with E-state index in [1.165, 1.54) is 6.07 Å². The van der Waals surface area contributed by atoms with E-state index in [1.807, 2.05) is 20.8 Å². The molecule has 1 aromatic carbocycles. The number of carbonyl (C=O) groups excluding carboxylic acids is 4. The lowest BCUT2D eigenvalue weighted by molar-refractivity contribution is -0.132. The Morgan fingerprint density at radius 2 is 1.62 bits per heavy atom. The molecule has 1 atom stereocenters. The van der Waals surface area contributed by atoms with Crippen molar-refractivity contribution in [1.82, 2.24) is 4.90 Å². The van der Waals surface area contributed by atoms with E-state index in [2.05, 4.69) is 0 Å². The van der Waals surface area contributed by atoms with E-state index < -0.39 is 34.9 Å². The number of halogens is 1. The van der Waals surface area contributed by atoms with Crippen LogP contribution in [0.4, 0.5) is 4.39 Å². The van der Waals surface area contributed by atoms with Crippen LogP contribution in [0.15, 0.2) is 12.1 Å². The normalized spacial score (nSPS) is 21.5. The fourth-order valence-electron chi connectivity index (χ4n) is 3.27. The number of carbonyl (C=O) groups is 4. The van der Waals surface area contributed by atoms with Crippen molar-refractivity contribution in [1.29, 1.82) is 0 Å². The van der Waals surface area contributed by atoms with E-state index in [-0.39, 0.29) is 36.2 Å². The van der Waals surface area contributed by atoms with Gasteiger partial charge in [-0.15, -0.1) is 0 Å². The second-order valence-electron chi connectivity index (χ2n) is 7.34. The highest BCUT2D eigenvalue weighted by Crippen LogP contribution is 2.34. The third-order valence-electron chi connectivity index (χ3n) is 4.56. The Hall–Kier alpha value is -2.37. The van der Waals surface area contributed by atoms with Crippen molar-refractivity contribution >= 4 is 23.4 Å². The van der Waals surface area contributed by atoms with Crippen molar-refractivity contribution in [3.8, 4) is 0 Å². The number of benzene rings is 1. The third-order valence-corrected chi connectivity index (χ3v) is 4.56. The largest absolute Gasteiger partial charge is 0.299 e. The van der Waals surface area contributed by atoms with Gasteiger partial charge in [0, 0.05) is 6.42 Å². The summed E-state index contributed by atoms with van der Waals surface area (Å²) in [6.07, 6.45) is 0.0306. The number of rotatable bonds is 1. The van der Waals surface area contributed by atoms with E-state index in [1.54, 1.807) is 0 Å². The van der Waals surface area contributed by atoms with Crippen LogP contribution in [-0.2, 0) is 15.0 Å². The standard InChI is InChI=1S/C18H18FNO4/c1-18(2,3)12-7-10-11(8-13(12)19)17(24)20(16(10)23)14-5-4-9(21)6-15(14)22/h7-8,14H,4-6H2,1-3H3. The monoisotopic (exact) mass is 331 g/mol. The SMILES string of the molecule is CC(C)(C)c1cc2c(cc1F)C(=O)N(C1CCC(=O)CC1=O)C2=O. The number of ketones is 2. The summed E-state index contributed by atoms with van der Waals surface area (Å²) in [5.41, 5.74) is -0.0798. The van der Waals surface area contributed by atoms with Gasteiger partial charge in [-0.2, -0.15) is 0 Å². The van der Waals surface area contributed by atoms with Gasteiger partial charge in [0.15, 0.2) is 5.78 Å². The predicted octanol–water partition coefficient (Wildman–Crippen LogP) is 2.41. The van der Waals surface area contributed by atoms with Crippen molar-refractivity contribution in [2.45, 2.75) is 51.5 Å². The lowest BCUT2D eigenvalue weighted by atomic mass is 9.85. The van der Waals surface area contributed by atoms with Crippen LogP contribution >= 0.6 is 0 Å². The molecule has 0 radical (unpaired) electrons. The summed E-state index contributed by atoms with van der Waals surface area (Å²) in [6.45, 7) is 5.44. The van der Waals surface area contributed by atoms with Crippen LogP contribution in [-0.4, -0.2) is 34.3 Å². The van der Waals surface area contributed by atoms with E-state index in [0.717, 1.165) is 11.0 Å². The molecule has 1 aliphatic carbocycles. The maximum absolute atomic E-state index is 14.3. The number of nitrogens with zero attached hydrogens (tertiary/aromatic N) is 1.